The van der Waals surface area contributed by atoms with Crippen molar-refractivity contribution in [1.82, 2.24) is 4.98 Å². The summed E-state index contributed by atoms with van der Waals surface area (Å²) in [7, 11) is 0. The van der Waals surface area contributed by atoms with Crippen LogP contribution in [-0.2, 0) is 4.74 Å². The molecule has 1 saturated carbocycles. The van der Waals surface area contributed by atoms with Gasteiger partial charge in [-0.2, -0.15) is 0 Å². The Hall–Kier alpha value is -0.930. The molecule has 2 unspecified atom stereocenters. The smallest absolute Gasteiger partial charge is 0.0686 e. The number of ether oxygens (including phenoxy) is 1. The van der Waals surface area contributed by atoms with E-state index in [-0.39, 0.29) is 11.6 Å². The van der Waals surface area contributed by atoms with Gasteiger partial charge in [0.15, 0.2) is 0 Å². The number of nitrogens with two attached hydrogens (primary N) is 1. The lowest BCUT2D eigenvalue weighted by Crippen LogP contribution is -2.47. The number of hydrogen-bond donors (Lipinski definition) is 1. The van der Waals surface area contributed by atoms with Gasteiger partial charge in [-0.1, -0.05) is 6.07 Å². The molecule has 92 valence electrons. The Morgan fingerprint density at radius 3 is 2.94 bits per heavy atom. The molecule has 1 spiro atoms. The van der Waals surface area contributed by atoms with Gasteiger partial charge in [-0.25, -0.2) is 0 Å². The van der Waals surface area contributed by atoms with Crippen molar-refractivity contribution in [3.05, 3.63) is 30.1 Å². The van der Waals surface area contributed by atoms with Crippen LogP contribution in [-0.4, -0.2) is 17.2 Å². The molecule has 0 radical (unpaired) electrons. The van der Waals surface area contributed by atoms with Gasteiger partial charge >= 0.3 is 0 Å². The van der Waals surface area contributed by atoms with E-state index >= 15 is 0 Å². The number of aromatic nitrogens is 1. The van der Waals surface area contributed by atoms with Crippen molar-refractivity contribution in [2.24, 2.45) is 11.7 Å². The second-order valence-corrected chi connectivity index (χ2v) is 5.42. The van der Waals surface area contributed by atoms with E-state index in [4.69, 9.17) is 10.5 Å². The Kier molecular flexibility index (Phi) is 2.89. The molecule has 0 aromatic carbocycles. The zero-order valence-corrected chi connectivity index (χ0v) is 10.1. The Bertz CT molecular complexity index is 375. The van der Waals surface area contributed by atoms with Crippen molar-refractivity contribution < 1.29 is 4.74 Å². The zero-order chi connectivity index (χ0) is 11.7. The maximum absolute atomic E-state index is 6.35. The Balaban J connectivity index is 1.71. The fraction of sp³-hybridized carbons (Fsp3) is 0.643. The lowest BCUT2D eigenvalue weighted by molar-refractivity contribution is -0.146. The first-order valence-electron chi connectivity index (χ1n) is 6.60. The van der Waals surface area contributed by atoms with Gasteiger partial charge in [0.05, 0.1) is 17.3 Å². The largest absolute Gasteiger partial charge is 0.375 e. The summed E-state index contributed by atoms with van der Waals surface area (Å²) in [5, 5.41) is 0. The number of hydrogen-bond acceptors (Lipinski definition) is 3. The molecule has 2 atom stereocenters. The van der Waals surface area contributed by atoms with Crippen LogP contribution in [0.4, 0.5) is 0 Å². The third-order valence-corrected chi connectivity index (χ3v) is 4.33. The van der Waals surface area contributed by atoms with Crippen LogP contribution in [0.3, 0.4) is 0 Å². The minimum absolute atomic E-state index is 0.0672. The van der Waals surface area contributed by atoms with Crippen LogP contribution in [0.1, 0.15) is 43.8 Å². The van der Waals surface area contributed by atoms with Crippen molar-refractivity contribution in [3.63, 3.8) is 0 Å². The van der Waals surface area contributed by atoms with E-state index in [1.165, 1.54) is 19.3 Å². The molecule has 0 bridgehead atoms. The maximum Gasteiger partial charge on any atom is 0.0686 e. The van der Waals surface area contributed by atoms with E-state index in [0.29, 0.717) is 5.92 Å². The first kappa shape index (κ1) is 11.2. The molecule has 1 saturated heterocycles. The highest BCUT2D eigenvalue weighted by Gasteiger charge is 2.44. The molecule has 0 amide bonds. The second-order valence-electron chi connectivity index (χ2n) is 5.42. The average molecular weight is 232 g/mol. The zero-order valence-electron chi connectivity index (χ0n) is 10.1. The first-order chi connectivity index (χ1) is 8.29. The van der Waals surface area contributed by atoms with Crippen LogP contribution in [0, 0.1) is 5.92 Å². The summed E-state index contributed by atoms with van der Waals surface area (Å²) in [5.74, 6) is 0.527. The number of nitrogens with zero attached hydrogens (tertiary/aromatic N) is 1. The molecule has 3 rings (SSSR count). The Morgan fingerprint density at radius 2 is 2.29 bits per heavy atom. The number of rotatable bonds is 2. The monoisotopic (exact) mass is 232 g/mol. The second kappa shape index (κ2) is 4.39. The van der Waals surface area contributed by atoms with Gasteiger partial charge in [0.1, 0.15) is 0 Å². The predicted molar refractivity (Wildman–Crippen MR) is 66.4 cm³/mol. The van der Waals surface area contributed by atoms with E-state index in [1.807, 2.05) is 24.4 Å². The van der Waals surface area contributed by atoms with Crippen molar-refractivity contribution in [3.8, 4) is 0 Å². The molecule has 1 aromatic heterocycles. The van der Waals surface area contributed by atoms with Crippen molar-refractivity contribution in [2.45, 2.75) is 43.7 Å². The predicted octanol–water partition coefficient (Wildman–Crippen LogP) is 2.43. The topological polar surface area (TPSA) is 48.1 Å². The van der Waals surface area contributed by atoms with Crippen LogP contribution >= 0.6 is 0 Å². The van der Waals surface area contributed by atoms with Gasteiger partial charge in [0, 0.05) is 12.8 Å². The summed E-state index contributed by atoms with van der Waals surface area (Å²) in [6.07, 6.45) is 7.76. The van der Waals surface area contributed by atoms with Gasteiger partial charge in [-0.15, -0.1) is 0 Å². The summed E-state index contributed by atoms with van der Waals surface area (Å²) in [5.41, 5.74) is 7.55. The standard InChI is InChI=1S/C14H20N2O/c15-13(12-4-1-2-8-16-12)11-5-9-17-14(10-11)6-3-7-14/h1-2,4,8,11,13H,3,5-7,9-10,15H2. The minimum Gasteiger partial charge on any atom is -0.375 e. The summed E-state index contributed by atoms with van der Waals surface area (Å²) >= 11 is 0. The lowest BCUT2D eigenvalue weighted by Gasteiger charge is -2.48. The maximum atomic E-state index is 6.35. The molecular formula is C14H20N2O. The highest BCUT2D eigenvalue weighted by atomic mass is 16.5. The summed E-state index contributed by atoms with van der Waals surface area (Å²) < 4.78 is 5.94. The average Bonchev–Trinajstić information content (AvgIpc) is 2.37. The molecule has 1 aliphatic carbocycles. The first-order valence-corrected chi connectivity index (χ1v) is 6.60. The molecule has 17 heavy (non-hydrogen) atoms. The van der Waals surface area contributed by atoms with Crippen LogP contribution in [0.15, 0.2) is 24.4 Å². The van der Waals surface area contributed by atoms with Crippen LogP contribution in [0.2, 0.25) is 0 Å². The molecule has 1 aliphatic heterocycles. The van der Waals surface area contributed by atoms with Crippen LogP contribution in [0.5, 0.6) is 0 Å². The Morgan fingerprint density at radius 1 is 1.41 bits per heavy atom. The van der Waals surface area contributed by atoms with Crippen LogP contribution in [0.25, 0.3) is 0 Å². The van der Waals surface area contributed by atoms with Crippen LogP contribution < -0.4 is 5.73 Å². The van der Waals surface area contributed by atoms with E-state index in [2.05, 4.69) is 4.98 Å². The molecular weight excluding hydrogens is 212 g/mol. The molecule has 3 nitrogen and oxygen atoms in total. The van der Waals surface area contributed by atoms with Crippen molar-refractivity contribution >= 4 is 0 Å². The highest BCUT2D eigenvalue weighted by molar-refractivity contribution is 5.10. The van der Waals surface area contributed by atoms with Gasteiger partial charge in [-0.3, -0.25) is 4.98 Å². The summed E-state index contributed by atoms with van der Waals surface area (Å²) in [6, 6.07) is 6.06. The molecule has 2 aliphatic rings. The highest BCUT2D eigenvalue weighted by Crippen LogP contribution is 2.46. The van der Waals surface area contributed by atoms with E-state index in [9.17, 15) is 0 Å². The van der Waals surface area contributed by atoms with Crippen molar-refractivity contribution in [2.75, 3.05) is 6.61 Å². The van der Waals surface area contributed by atoms with Gasteiger partial charge in [0.2, 0.25) is 0 Å². The Labute approximate surface area is 102 Å². The molecule has 2 heterocycles. The minimum atomic E-state index is 0.0672. The fourth-order valence-electron chi connectivity index (χ4n) is 3.11. The fourth-order valence-corrected chi connectivity index (χ4v) is 3.11. The molecule has 1 aromatic rings. The summed E-state index contributed by atoms with van der Waals surface area (Å²) in [6.45, 7) is 0.866. The lowest BCUT2D eigenvalue weighted by atomic mass is 9.70. The molecule has 3 heteroatoms. The normalized spacial score (nSPS) is 28.6. The third-order valence-electron chi connectivity index (χ3n) is 4.33. The summed E-state index contributed by atoms with van der Waals surface area (Å²) in [4.78, 5) is 4.38. The van der Waals surface area contributed by atoms with E-state index < -0.39 is 0 Å². The van der Waals surface area contributed by atoms with Gasteiger partial charge < -0.3 is 10.5 Å². The van der Waals surface area contributed by atoms with E-state index in [1.54, 1.807) is 0 Å². The van der Waals surface area contributed by atoms with Gasteiger partial charge in [-0.05, 0) is 50.2 Å². The van der Waals surface area contributed by atoms with Crippen molar-refractivity contribution in [1.29, 1.82) is 0 Å². The third kappa shape index (κ3) is 2.09. The quantitative estimate of drug-likeness (QED) is 0.852. The molecule has 2 N–H and O–H groups in total. The van der Waals surface area contributed by atoms with E-state index in [0.717, 1.165) is 25.1 Å². The SMILES string of the molecule is NC(c1ccccn1)C1CCOC2(CCC2)C1. The van der Waals surface area contributed by atoms with Gasteiger partial charge in [0.25, 0.3) is 0 Å². The number of pyridine rings is 1. The molecule has 2 fully saturated rings.